The van der Waals surface area contributed by atoms with E-state index in [0.29, 0.717) is 0 Å². The van der Waals surface area contributed by atoms with Gasteiger partial charge in [0.25, 0.3) is 0 Å². The first kappa shape index (κ1) is 11.4. The van der Waals surface area contributed by atoms with E-state index in [2.05, 4.69) is 17.0 Å². The highest BCUT2D eigenvalue weighted by atomic mass is 16.4. The van der Waals surface area contributed by atoms with Gasteiger partial charge in [0.05, 0.1) is 0 Å². The van der Waals surface area contributed by atoms with Crippen molar-refractivity contribution in [3.05, 3.63) is 23.7 Å². The molecule has 6 nitrogen and oxygen atoms in total. The van der Waals surface area contributed by atoms with Gasteiger partial charge in [0.15, 0.2) is 5.65 Å². The van der Waals surface area contributed by atoms with E-state index in [1.165, 1.54) is 16.9 Å². The molecule has 0 aliphatic heterocycles. The van der Waals surface area contributed by atoms with E-state index < -0.39 is 5.97 Å². The van der Waals surface area contributed by atoms with Gasteiger partial charge in [0.1, 0.15) is 17.6 Å². The summed E-state index contributed by atoms with van der Waals surface area (Å²) in [5, 5.41) is 22.7. The average molecular weight is 235 g/mol. The summed E-state index contributed by atoms with van der Waals surface area (Å²) >= 11 is 0. The predicted molar refractivity (Wildman–Crippen MR) is 60.2 cm³/mol. The van der Waals surface area contributed by atoms with Crippen molar-refractivity contribution in [1.82, 2.24) is 14.6 Å². The fourth-order valence-electron chi connectivity index (χ4n) is 1.77. The summed E-state index contributed by atoms with van der Waals surface area (Å²) in [5.41, 5.74) is 0.744. The lowest BCUT2D eigenvalue weighted by Gasteiger charge is -2.07. The summed E-state index contributed by atoms with van der Waals surface area (Å²) in [7, 11) is 0. The van der Waals surface area contributed by atoms with Gasteiger partial charge >= 0.3 is 5.97 Å². The second-order valence-corrected chi connectivity index (χ2v) is 3.80. The van der Waals surface area contributed by atoms with Crippen LogP contribution in [0.3, 0.4) is 0 Å². The van der Waals surface area contributed by atoms with Crippen molar-refractivity contribution in [2.24, 2.45) is 0 Å². The number of pyridine rings is 1. The number of unbranched alkanes of at least 4 members (excludes halogenated alkanes) is 1. The normalized spacial score (nSPS) is 10.9. The molecule has 17 heavy (non-hydrogen) atoms. The van der Waals surface area contributed by atoms with Crippen LogP contribution in [0.5, 0.6) is 5.75 Å². The molecule has 90 valence electrons. The molecule has 2 aromatic rings. The van der Waals surface area contributed by atoms with Crippen molar-refractivity contribution in [2.75, 3.05) is 0 Å². The average Bonchev–Trinajstić information content (AvgIpc) is 2.73. The number of aromatic nitrogens is 3. The van der Waals surface area contributed by atoms with Gasteiger partial charge in [-0.1, -0.05) is 13.3 Å². The van der Waals surface area contributed by atoms with Crippen LogP contribution in [0.2, 0.25) is 0 Å². The summed E-state index contributed by atoms with van der Waals surface area (Å²) in [4.78, 5) is 14.9. The number of carboxylic acid groups (broad SMARTS) is 1. The molecule has 0 aliphatic rings. The van der Waals surface area contributed by atoms with Crippen LogP contribution >= 0.6 is 0 Å². The number of aromatic hydroxyl groups is 1. The highest BCUT2D eigenvalue weighted by molar-refractivity contribution is 5.97. The van der Waals surface area contributed by atoms with Crippen LogP contribution in [-0.4, -0.2) is 30.8 Å². The van der Waals surface area contributed by atoms with Gasteiger partial charge in [0, 0.05) is 11.8 Å². The van der Waals surface area contributed by atoms with Crippen molar-refractivity contribution in [1.29, 1.82) is 0 Å². The molecule has 0 aromatic carbocycles. The molecular weight excluding hydrogens is 222 g/mol. The highest BCUT2D eigenvalue weighted by Crippen LogP contribution is 2.23. The molecule has 0 bridgehead atoms. The van der Waals surface area contributed by atoms with Crippen LogP contribution in [0.4, 0.5) is 0 Å². The highest BCUT2D eigenvalue weighted by Gasteiger charge is 2.19. The third kappa shape index (κ3) is 1.93. The van der Waals surface area contributed by atoms with Gasteiger partial charge in [-0.2, -0.15) is 5.10 Å². The summed E-state index contributed by atoms with van der Waals surface area (Å²) in [6.45, 7) is 2.06. The largest absolute Gasteiger partial charge is 0.507 e. The molecule has 2 heterocycles. The molecule has 2 aromatic heterocycles. The van der Waals surface area contributed by atoms with Crippen molar-refractivity contribution in [2.45, 2.75) is 26.2 Å². The van der Waals surface area contributed by atoms with Gasteiger partial charge in [-0.05, 0) is 12.8 Å². The van der Waals surface area contributed by atoms with Crippen molar-refractivity contribution in [3.63, 3.8) is 0 Å². The first-order valence-electron chi connectivity index (χ1n) is 5.43. The lowest BCUT2D eigenvalue weighted by molar-refractivity contribution is 0.0695. The first-order valence-corrected chi connectivity index (χ1v) is 5.43. The second-order valence-electron chi connectivity index (χ2n) is 3.80. The van der Waals surface area contributed by atoms with Crippen LogP contribution in [0.15, 0.2) is 12.4 Å². The first-order chi connectivity index (χ1) is 8.15. The predicted octanol–water partition coefficient (Wildman–Crippen LogP) is 1.48. The Morgan fingerprint density at radius 2 is 2.29 bits per heavy atom. The smallest absolute Gasteiger partial charge is 0.343 e. The molecule has 2 N–H and O–H groups in total. The van der Waals surface area contributed by atoms with E-state index >= 15 is 0 Å². The molecule has 6 heteroatoms. The maximum Gasteiger partial charge on any atom is 0.343 e. The van der Waals surface area contributed by atoms with E-state index in [1.54, 1.807) is 0 Å². The monoisotopic (exact) mass is 235 g/mol. The molecule has 0 aliphatic carbocycles. The van der Waals surface area contributed by atoms with Crippen LogP contribution in [0.25, 0.3) is 5.65 Å². The summed E-state index contributed by atoms with van der Waals surface area (Å²) in [5.74, 6) is -1.47. The number of nitrogens with zero attached hydrogens (tertiary/aromatic N) is 3. The molecule has 0 saturated heterocycles. The fraction of sp³-hybridized carbons (Fsp3) is 0.364. The number of fused-ring (bicyclic) bond motifs is 1. The summed E-state index contributed by atoms with van der Waals surface area (Å²) in [6, 6.07) is 1.45. The lowest BCUT2D eigenvalue weighted by Crippen LogP contribution is -2.06. The Bertz CT molecular complexity index is 562. The number of carboxylic acids is 1. The zero-order valence-electron chi connectivity index (χ0n) is 9.42. The summed E-state index contributed by atoms with van der Waals surface area (Å²) < 4.78 is 1.47. The molecule has 0 amide bonds. The minimum atomic E-state index is -1.21. The van der Waals surface area contributed by atoms with Gasteiger partial charge < -0.3 is 10.2 Å². The zero-order valence-corrected chi connectivity index (χ0v) is 9.42. The maximum absolute atomic E-state index is 11.0. The summed E-state index contributed by atoms with van der Waals surface area (Å²) in [6.07, 6.45) is 3.97. The SMILES string of the molecule is CCCCc1cc(O)c(C(=O)O)c2ncnn12. The molecule has 0 radical (unpaired) electrons. The van der Waals surface area contributed by atoms with Gasteiger partial charge in [-0.15, -0.1) is 0 Å². The van der Waals surface area contributed by atoms with E-state index in [1.807, 2.05) is 0 Å². The van der Waals surface area contributed by atoms with E-state index in [-0.39, 0.29) is 17.0 Å². The van der Waals surface area contributed by atoms with Crippen LogP contribution in [0.1, 0.15) is 35.8 Å². The Kier molecular flexibility index (Phi) is 2.95. The van der Waals surface area contributed by atoms with Crippen LogP contribution < -0.4 is 0 Å². The molecule has 2 rings (SSSR count). The zero-order chi connectivity index (χ0) is 12.4. The number of aromatic carboxylic acids is 1. The van der Waals surface area contributed by atoms with E-state index in [9.17, 15) is 9.90 Å². The van der Waals surface area contributed by atoms with Crippen molar-refractivity contribution < 1.29 is 15.0 Å². The fourth-order valence-corrected chi connectivity index (χ4v) is 1.77. The van der Waals surface area contributed by atoms with Crippen LogP contribution in [-0.2, 0) is 6.42 Å². The number of carbonyl (C=O) groups is 1. The quantitative estimate of drug-likeness (QED) is 0.837. The Hall–Kier alpha value is -2.11. The number of hydrogen-bond acceptors (Lipinski definition) is 4. The van der Waals surface area contributed by atoms with E-state index in [0.717, 1.165) is 25.0 Å². The van der Waals surface area contributed by atoms with E-state index in [4.69, 9.17) is 5.11 Å². The Morgan fingerprint density at radius 3 is 2.94 bits per heavy atom. The molecule has 0 fully saturated rings. The standard InChI is InChI=1S/C11H13N3O3/c1-2-3-4-7-5-8(15)9(11(16)17)10-12-6-13-14(7)10/h5-6,15H,2-4H2,1H3,(H,16,17). The molecular formula is C11H13N3O3. The Morgan fingerprint density at radius 1 is 1.53 bits per heavy atom. The second kappa shape index (κ2) is 4.40. The number of rotatable bonds is 4. The van der Waals surface area contributed by atoms with Gasteiger partial charge in [0.2, 0.25) is 0 Å². The molecule has 0 unspecified atom stereocenters. The number of hydrogen-bond donors (Lipinski definition) is 2. The lowest BCUT2D eigenvalue weighted by atomic mass is 10.1. The van der Waals surface area contributed by atoms with Crippen molar-refractivity contribution >= 4 is 11.6 Å². The Balaban J connectivity index is 2.61. The minimum Gasteiger partial charge on any atom is -0.507 e. The maximum atomic E-state index is 11.0. The van der Waals surface area contributed by atoms with Gasteiger partial charge in [-0.3, -0.25) is 0 Å². The van der Waals surface area contributed by atoms with Crippen molar-refractivity contribution in [3.8, 4) is 5.75 Å². The van der Waals surface area contributed by atoms with Crippen LogP contribution in [0, 0.1) is 0 Å². The molecule has 0 atom stereocenters. The molecule has 0 saturated carbocycles. The van der Waals surface area contributed by atoms with Gasteiger partial charge in [-0.25, -0.2) is 14.3 Å². The minimum absolute atomic E-state index is 0.184. The topological polar surface area (TPSA) is 87.7 Å². The molecule has 0 spiro atoms. The third-order valence-corrected chi connectivity index (χ3v) is 2.60. The Labute approximate surface area is 97.5 Å². The number of aryl methyl sites for hydroxylation is 1. The third-order valence-electron chi connectivity index (χ3n) is 2.60.